The summed E-state index contributed by atoms with van der Waals surface area (Å²) in [6.45, 7) is 7.12. The molecule has 0 aliphatic rings. The van der Waals surface area contributed by atoms with Gasteiger partial charge in [0.15, 0.2) is 0 Å². The molecule has 0 fully saturated rings. The Hall–Kier alpha value is -2.87. The Morgan fingerprint density at radius 2 is 1.83 bits per heavy atom. The number of nitrogens with zero attached hydrogens (tertiary/aromatic N) is 1. The van der Waals surface area contributed by atoms with E-state index in [2.05, 4.69) is 5.32 Å². The lowest BCUT2D eigenvalue weighted by Gasteiger charge is -2.29. The fraction of sp³-hybridized carbons (Fsp3) is 0.333. The molecule has 0 saturated carbocycles. The van der Waals surface area contributed by atoms with Crippen LogP contribution in [0.25, 0.3) is 0 Å². The Morgan fingerprint density at radius 3 is 2.45 bits per heavy atom. The number of carbonyl (C=O) groups is 2. The number of hydrogen-bond donors (Lipinski definition) is 1. The minimum absolute atomic E-state index is 0.242. The molecule has 29 heavy (non-hydrogen) atoms. The van der Waals surface area contributed by atoms with Crippen LogP contribution in [-0.2, 0) is 19.6 Å². The second-order valence-corrected chi connectivity index (χ2v) is 8.67. The van der Waals surface area contributed by atoms with Gasteiger partial charge in [-0.3, -0.25) is 9.10 Å². The van der Waals surface area contributed by atoms with Gasteiger partial charge >= 0.3 is 5.97 Å². The molecule has 0 saturated heterocycles. The maximum absolute atomic E-state index is 12.8. The zero-order valence-electron chi connectivity index (χ0n) is 17.2. The first-order valence-corrected chi connectivity index (χ1v) is 11.0. The van der Waals surface area contributed by atoms with Gasteiger partial charge < -0.3 is 10.1 Å². The normalized spacial score (nSPS) is 12.2. The predicted molar refractivity (Wildman–Crippen MR) is 114 cm³/mol. The summed E-state index contributed by atoms with van der Waals surface area (Å²) in [6, 6.07) is 10.7. The van der Waals surface area contributed by atoms with Gasteiger partial charge in [-0.05, 0) is 63.1 Å². The number of anilines is 2. The second-order valence-electron chi connectivity index (χ2n) is 6.82. The molecular weight excluding hydrogens is 392 g/mol. The second kappa shape index (κ2) is 9.09. The van der Waals surface area contributed by atoms with Gasteiger partial charge in [0, 0.05) is 5.69 Å². The molecule has 8 heteroatoms. The van der Waals surface area contributed by atoms with Crippen LogP contribution in [0, 0.1) is 13.8 Å². The molecule has 2 aromatic rings. The van der Waals surface area contributed by atoms with E-state index in [4.69, 9.17) is 4.74 Å². The zero-order chi connectivity index (χ0) is 21.8. The van der Waals surface area contributed by atoms with Crippen LogP contribution in [0.5, 0.6) is 0 Å². The number of rotatable bonds is 7. The van der Waals surface area contributed by atoms with Crippen molar-refractivity contribution in [3.05, 3.63) is 59.2 Å². The topological polar surface area (TPSA) is 92.8 Å². The molecule has 0 bridgehead atoms. The van der Waals surface area contributed by atoms with Gasteiger partial charge in [-0.2, -0.15) is 0 Å². The van der Waals surface area contributed by atoms with Gasteiger partial charge in [-0.1, -0.05) is 18.2 Å². The van der Waals surface area contributed by atoms with E-state index < -0.39 is 27.9 Å². The first kappa shape index (κ1) is 22.4. The lowest BCUT2D eigenvalue weighted by Crippen LogP contribution is -2.45. The molecule has 1 atom stereocenters. The third-order valence-electron chi connectivity index (χ3n) is 4.33. The molecule has 156 valence electrons. The Balaban J connectivity index is 2.32. The number of hydrogen-bond acceptors (Lipinski definition) is 5. The summed E-state index contributed by atoms with van der Waals surface area (Å²) in [5.74, 6) is -1.01. The highest BCUT2D eigenvalue weighted by Gasteiger charge is 2.30. The monoisotopic (exact) mass is 418 g/mol. The van der Waals surface area contributed by atoms with Gasteiger partial charge in [0.2, 0.25) is 15.9 Å². The van der Waals surface area contributed by atoms with Crippen molar-refractivity contribution in [2.45, 2.75) is 33.7 Å². The van der Waals surface area contributed by atoms with E-state index >= 15 is 0 Å². The predicted octanol–water partition coefficient (Wildman–Crippen LogP) is 3.27. The summed E-state index contributed by atoms with van der Waals surface area (Å²) in [5, 5.41) is 2.68. The van der Waals surface area contributed by atoms with E-state index in [0.29, 0.717) is 16.9 Å². The van der Waals surface area contributed by atoms with Crippen LogP contribution in [0.4, 0.5) is 11.4 Å². The highest BCUT2D eigenvalue weighted by Crippen LogP contribution is 2.26. The van der Waals surface area contributed by atoms with Gasteiger partial charge in [0.25, 0.3) is 0 Å². The Morgan fingerprint density at radius 1 is 1.14 bits per heavy atom. The van der Waals surface area contributed by atoms with Crippen molar-refractivity contribution >= 4 is 33.3 Å². The van der Waals surface area contributed by atoms with Crippen LogP contribution in [0.15, 0.2) is 42.5 Å². The van der Waals surface area contributed by atoms with Gasteiger partial charge in [0.1, 0.15) is 6.04 Å². The number of sulfonamides is 1. The summed E-state index contributed by atoms with van der Waals surface area (Å²) < 4.78 is 31.1. The molecule has 0 aromatic heterocycles. The van der Waals surface area contributed by atoms with Crippen molar-refractivity contribution in [1.82, 2.24) is 0 Å². The SMILES string of the molecule is CCOC(=O)c1cccc(NC(=O)[C@@H](C)N(c2cc(C)ccc2C)S(C)(=O)=O)c1. The smallest absolute Gasteiger partial charge is 0.338 e. The van der Waals surface area contributed by atoms with E-state index in [-0.39, 0.29) is 6.61 Å². The molecule has 2 rings (SSSR count). The molecular formula is C21H26N2O5S. The van der Waals surface area contributed by atoms with Crippen molar-refractivity contribution in [3.63, 3.8) is 0 Å². The molecule has 7 nitrogen and oxygen atoms in total. The number of ether oxygens (including phenoxy) is 1. The maximum atomic E-state index is 12.8. The van der Waals surface area contributed by atoms with Gasteiger partial charge in [-0.25, -0.2) is 13.2 Å². The van der Waals surface area contributed by atoms with Crippen molar-refractivity contribution in [2.75, 3.05) is 22.5 Å². The molecule has 0 unspecified atom stereocenters. The van der Waals surface area contributed by atoms with Crippen molar-refractivity contribution in [2.24, 2.45) is 0 Å². The van der Waals surface area contributed by atoms with Crippen molar-refractivity contribution < 1.29 is 22.7 Å². The number of esters is 1. The summed E-state index contributed by atoms with van der Waals surface area (Å²) >= 11 is 0. The standard InChI is InChI=1S/C21H26N2O5S/c1-6-28-21(25)17-8-7-9-18(13-17)22-20(24)16(4)23(29(5,26)27)19-12-14(2)10-11-15(19)3/h7-13,16H,6H2,1-5H3,(H,22,24)/t16-/m1/s1. The molecule has 1 N–H and O–H groups in total. The van der Waals surface area contributed by atoms with Crippen LogP contribution in [0.3, 0.4) is 0 Å². The molecule has 0 aliphatic heterocycles. The first-order chi connectivity index (χ1) is 13.5. The van der Waals surface area contributed by atoms with E-state index in [1.807, 2.05) is 19.1 Å². The third kappa shape index (κ3) is 5.57. The van der Waals surface area contributed by atoms with Crippen molar-refractivity contribution in [3.8, 4) is 0 Å². The molecule has 1 amide bonds. The highest BCUT2D eigenvalue weighted by molar-refractivity contribution is 7.92. The summed E-state index contributed by atoms with van der Waals surface area (Å²) in [5.41, 5.74) is 2.75. The van der Waals surface area contributed by atoms with Crippen LogP contribution < -0.4 is 9.62 Å². The van der Waals surface area contributed by atoms with E-state index in [9.17, 15) is 18.0 Å². The first-order valence-electron chi connectivity index (χ1n) is 9.19. The molecule has 0 heterocycles. The van der Waals surface area contributed by atoms with E-state index in [0.717, 1.165) is 21.7 Å². The Kier molecular flexibility index (Phi) is 7.02. The number of benzene rings is 2. The number of nitrogens with one attached hydrogen (secondary N) is 1. The number of carbonyl (C=O) groups excluding carboxylic acids is 2. The van der Waals surface area contributed by atoms with Crippen LogP contribution in [0.1, 0.15) is 35.3 Å². The number of amides is 1. The average molecular weight is 419 g/mol. The Bertz CT molecular complexity index is 1020. The highest BCUT2D eigenvalue weighted by atomic mass is 32.2. The average Bonchev–Trinajstić information content (AvgIpc) is 2.64. The van der Waals surface area contributed by atoms with Crippen LogP contribution >= 0.6 is 0 Å². The summed E-state index contributed by atoms with van der Waals surface area (Å²) in [6.07, 6.45) is 1.07. The van der Waals surface area contributed by atoms with Gasteiger partial charge in [0.05, 0.1) is 24.1 Å². The molecule has 2 aromatic carbocycles. The van der Waals surface area contributed by atoms with E-state index in [1.165, 1.54) is 13.0 Å². The molecule has 0 aliphatic carbocycles. The fourth-order valence-corrected chi connectivity index (χ4v) is 4.15. The third-order valence-corrected chi connectivity index (χ3v) is 5.56. The zero-order valence-corrected chi connectivity index (χ0v) is 18.0. The lowest BCUT2D eigenvalue weighted by molar-refractivity contribution is -0.116. The molecule has 0 radical (unpaired) electrons. The largest absolute Gasteiger partial charge is 0.462 e. The van der Waals surface area contributed by atoms with Gasteiger partial charge in [-0.15, -0.1) is 0 Å². The minimum atomic E-state index is -3.72. The lowest BCUT2D eigenvalue weighted by atomic mass is 10.1. The maximum Gasteiger partial charge on any atom is 0.338 e. The number of aryl methyl sites for hydroxylation is 2. The minimum Gasteiger partial charge on any atom is -0.462 e. The Labute approximate surface area is 171 Å². The summed E-state index contributed by atoms with van der Waals surface area (Å²) in [7, 11) is -3.72. The van der Waals surface area contributed by atoms with Crippen LogP contribution in [0.2, 0.25) is 0 Å². The fourth-order valence-electron chi connectivity index (χ4n) is 2.92. The molecule has 0 spiro atoms. The summed E-state index contributed by atoms with van der Waals surface area (Å²) in [4.78, 5) is 24.7. The van der Waals surface area contributed by atoms with Crippen molar-refractivity contribution in [1.29, 1.82) is 0 Å². The van der Waals surface area contributed by atoms with Crippen LogP contribution in [-0.4, -0.2) is 39.2 Å². The van der Waals surface area contributed by atoms with E-state index in [1.54, 1.807) is 38.1 Å². The quantitative estimate of drug-likeness (QED) is 0.697.